The van der Waals surface area contributed by atoms with Gasteiger partial charge in [-0.1, -0.05) is 18.2 Å². The number of urea groups is 1. The van der Waals surface area contributed by atoms with Crippen molar-refractivity contribution in [2.24, 2.45) is 0 Å². The fourth-order valence-electron chi connectivity index (χ4n) is 2.57. The van der Waals surface area contributed by atoms with Crippen molar-refractivity contribution in [1.29, 1.82) is 0 Å². The number of carbonyl (C=O) groups excluding carboxylic acids is 2. The molecule has 2 aromatic carbocycles. The van der Waals surface area contributed by atoms with Gasteiger partial charge in [0.15, 0.2) is 0 Å². The molecule has 0 bridgehead atoms. The van der Waals surface area contributed by atoms with Crippen molar-refractivity contribution in [3.05, 3.63) is 78.6 Å². The summed E-state index contributed by atoms with van der Waals surface area (Å²) in [6, 6.07) is 17.8. The number of aromatic nitrogens is 1. The number of hydrogen-bond acceptors (Lipinski definition) is 4. The number of para-hydroxylation sites is 1. The Hall–Kier alpha value is -3.87. The van der Waals surface area contributed by atoms with E-state index in [1.54, 1.807) is 42.7 Å². The minimum absolute atomic E-state index is 0.281. The Bertz CT molecular complexity index is 946. The van der Waals surface area contributed by atoms with E-state index in [0.29, 0.717) is 29.2 Å². The highest BCUT2D eigenvalue weighted by atomic mass is 16.2. The molecule has 0 aliphatic rings. The van der Waals surface area contributed by atoms with Crippen LogP contribution in [0.3, 0.4) is 0 Å². The third-order valence-electron chi connectivity index (χ3n) is 3.83. The van der Waals surface area contributed by atoms with Crippen LogP contribution in [-0.2, 0) is 0 Å². The van der Waals surface area contributed by atoms with Crippen LogP contribution in [0.5, 0.6) is 0 Å². The fourth-order valence-corrected chi connectivity index (χ4v) is 2.57. The lowest BCUT2D eigenvalue weighted by Gasteiger charge is -2.15. The molecule has 0 radical (unpaired) electrons. The first kappa shape index (κ1) is 18.9. The second-order valence-electron chi connectivity index (χ2n) is 5.93. The van der Waals surface area contributed by atoms with E-state index in [0.717, 1.165) is 5.69 Å². The van der Waals surface area contributed by atoms with Gasteiger partial charge in [0.1, 0.15) is 0 Å². The molecule has 0 aliphatic carbocycles. The molecule has 0 spiro atoms. The highest BCUT2D eigenvalue weighted by molar-refractivity contribution is 6.09. The molecule has 142 valence electrons. The van der Waals surface area contributed by atoms with Crippen molar-refractivity contribution < 1.29 is 9.59 Å². The van der Waals surface area contributed by atoms with Crippen molar-refractivity contribution in [2.45, 2.75) is 6.92 Å². The van der Waals surface area contributed by atoms with Gasteiger partial charge < -0.3 is 21.3 Å². The lowest BCUT2D eigenvalue weighted by molar-refractivity contribution is 0.102. The van der Waals surface area contributed by atoms with Crippen molar-refractivity contribution in [2.75, 3.05) is 22.5 Å². The van der Waals surface area contributed by atoms with E-state index in [9.17, 15) is 9.59 Å². The van der Waals surface area contributed by atoms with Crippen LogP contribution in [0.2, 0.25) is 0 Å². The Kier molecular flexibility index (Phi) is 6.20. The number of amides is 3. The molecule has 0 saturated heterocycles. The minimum Gasteiger partial charge on any atom is -0.355 e. The van der Waals surface area contributed by atoms with Gasteiger partial charge in [0.05, 0.1) is 23.1 Å². The van der Waals surface area contributed by atoms with Crippen LogP contribution in [0.1, 0.15) is 17.3 Å². The van der Waals surface area contributed by atoms with Gasteiger partial charge in [-0.15, -0.1) is 0 Å². The summed E-state index contributed by atoms with van der Waals surface area (Å²) in [6.45, 7) is 2.36. The summed E-state index contributed by atoms with van der Waals surface area (Å²) in [4.78, 5) is 28.6. The number of benzene rings is 2. The second-order valence-corrected chi connectivity index (χ2v) is 5.93. The van der Waals surface area contributed by atoms with Gasteiger partial charge in [-0.3, -0.25) is 9.78 Å². The standard InChI is InChI=1S/C21H21N5O2/c1-2-23-21(28)26-16-10-11-18(20(27)25-17-9-6-12-22-14-17)19(13-16)24-15-7-4-3-5-8-15/h3-14,24H,2H2,1H3,(H,25,27)(H2,23,26,28). The molecular weight excluding hydrogens is 354 g/mol. The number of pyridine rings is 1. The highest BCUT2D eigenvalue weighted by Crippen LogP contribution is 2.26. The Labute approximate surface area is 163 Å². The van der Waals surface area contributed by atoms with Gasteiger partial charge in [-0.2, -0.15) is 0 Å². The average Bonchev–Trinajstić information content (AvgIpc) is 2.70. The van der Waals surface area contributed by atoms with Gasteiger partial charge in [-0.05, 0) is 49.4 Å². The molecule has 3 rings (SSSR count). The second kappa shape index (κ2) is 9.18. The third kappa shape index (κ3) is 5.07. The molecule has 1 aromatic heterocycles. The molecule has 3 amide bonds. The van der Waals surface area contributed by atoms with E-state index in [-0.39, 0.29) is 11.9 Å². The molecule has 4 N–H and O–H groups in total. The first-order chi connectivity index (χ1) is 13.7. The van der Waals surface area contributed by atoms with E-state index in [4.69, 9.17) is 0 Å². The molecule has 28 heavy (non-hydrogen) atoms. The van der Waals surface area contributed by atoms with Crippen LogP contribution in [0, 0.1) is 0 Å². The Morgan fingerprint density at radius 2 is 1.68 bits per heavy atom. The predicted octanol–water partition coefficient (Wildman–Crippen LogP) is 4.22. The van der Waals surface area contributed by atoms with E-state index >= 15 is 0 Å². The van der Waals surface area contributed by atoms with Crippen molar-refractivity contribution in [3.8, 4) is 0 Å². The predicted molar refractivity (Wildman–Crippen MR) is 111 cm³/mol. The summed E-state index contributed by atoms with van der Waals surface area (Å²) in [5.74, 6) is -0.281. The van der Waals surface area contributed by atoms with Crippen LogP contribution in [0.15, 0.2) is 73.1 Å². The summed E-state index contributed by atoms with van der Waals surface area (Å²) < 4.78 is 0. The lowest BCUT2D eigenvalue weighted by Crippen LogP contribution is -2.28. The monoisotopic (exact) mass is 375 g/mol. The number of rotatable bonds is 6. The SMILES string of the molecule is CCNC(=O)Nc1ccc(C(=O)Nc2cccnc2)c(Nc2ccccc2)c1. The van der Waals surface area contributed by atoms with E-state index in [2.05, 4.69) is 26.3 Å². The zero-order chi connectivity index (χ0) is 19.8. The van der Waals surface area contributed by atoms with Gasteiger partial charge in [0, 0.05) is 24.1 Å². The van der Waals surface area contributed by atoms with E-state index < -0.39 is 0 Å². The Balaban J connectivity index is 1.88. The maximum absolute atomic E-state index is 12.8. The van der Waals surface area contributed by atoms with Crippen LogP contribution in [0.4, 0.5) is 27.5 Å². The average molecular weight is 375 g/mol. The lowest BCUT2D eigenvalue weighted by atomic mass is 10.1. The van der Waals surface area contributed by atoms with E-state index in [1.165, 1.54) is 0 Å². The number of hydrogen-bond donors (Lipinski definition) is 4. The fraction of sp³-hybridized carbons (Fsp3) is 0.0952. The van der Waals surface area contributed by atoms with Crippen molar-refractivity contribution in [3.63, 3.8) is 0 Å². The smallest absolute Gasteiger partial charge is 0.319 e. The maximum Gasteiger partial charge on any atom is 0.319 e. The topological polar surface area (TPSA) is 95.2 Å². The molecule has 7 nitrogen and oxygen atoms in total. The number of anilines is 4. The highest BCUT2D eigenvalue weighted by Gasteiger charge is 2.14. The molecular formula is C21H21N5O2. The van der Waals surface area contributed by atoms with Crippen LogP contribution < -0.4 is 21.3 Å². The van der Waals surface area contributed by atoms with Crippen LogP contribution in [0.25, 0.3) is 0 Å². The van der Waals surface area contributed by atoms with Crippen LogP contribution >= 0.6 is 0 Å². The van der Waals surface area contributed by atoms with Crippen molar-refractivity contribution in [1.82, 2.24) is 10.3 Å². The molecule has 0 atom stereocenters. The minimum atomic E-state index is -0.305. The molecule has 3 aromatic rings. The zero-order valence-electron chi connectivity index (χ0n) is 15.4. The first-order valence-corrected chi connectivity index (χ1v) is 8.88. The van der Waals surface area contributed by atoms with Gasteiger partial charge in [0.25, 0.3) is 5.91 Å². The summed E-state index contributed by atoms with van der Waals surface area (Å²) in [5.41, 5.74) is 3.01. The summed E-state index contributed by atoms with van der Waals surface area (Å²) in [5, 5.41) is 11.5. The molecule has 0 unspecified atom stereocenters. The number of carbonyl (C=O) groups is 2. The number of nitrogens with zero attached hydrogens (tertiary/aromatic N) is 1. The van der Waals surface area contributed by atoms with Crippen molar-refractivity contribution >= 4 is 34.7 Å². The molecule has 7 heteroatoms. The van der Waals surface area contributed by atoms with Gasteiger partial charge in [-0.25, -0.2) is 4.79 Å². The quantitative estimate of drug-likeness (QED) is 0.519. The summed E-state index contributed by atoms with van der Waals surface area (Å²) in [6.07, 6.45) is 3.22. The summed E-state index contributed by atoms with van der Waals surface area (Å²) in [7, 11) is 0. The van der Waals surface area contributed by atoms with E-state index in [1.807, 2.05) is 37.3 Å². The first-order valence-electron chi connectivity index (χ1n) is 8.88. The number of nitrogens with one attached hydrogen (secondary N) is 4. The molecule has 0 saturated carbocycles. The molecule has 1 heterocycles. The Morgan fingerprint density at radius 1 is 0.893 bits per heavy atom. The molecule has 0 fully saturated rings. The largest absolute Gasteiger partial charge is 0.355 e. The van der Waals surface area contributed by atoms with Gasteiger partial charge >= 0.3 is 6.03 Å². The van der Waals surface area contributed by atoms with Crippen LogP contribution in [-0.4, -0.2) is 23.5 Å². The molecule has 0 aliphatic heterocycles. The zero-order valence-corrected chi connectivity index (χ0v) is 15.4. The maximum atomic E-state index is 12.8. The summed E-state index contributed by atoms with van der Waals surface area (Å²) >= 11 is 0. The van der Waals surface area contributed by atoms with Gasteiger partial charge in [0.2, 0.25) is 0 Å². The third-order valence-corrected chi connectivity index (χ3v) is 3.83. The normalized spacial score (nSPS) is 10.0. The Morgan fingerprint density at radius 3 is 2.39 bits per heavy atom.